The van der Waals surface area contributed by atoms with Gasteiger partial charge in [0.1, 0.15) is 11.6 Å². The van der Waals surface area contributed by atoms with Crippen LogP contribution in [-0.2, 0) is 4.74 Å². The van der Waals surface area contributed by atoms with Crippen molar-refractivity contribution in [2.45, 2.75) is 39.3 Å². The third kappa shape index (κ3) is 4.27. The molecule has 2 aromatic heterocycles. The van der Waals surface area contributed by atoms with Gasteiger partial charge in [-0.05, 0) is 39.8 Å². The van der Waals surface area contributed by atoms with E-state index in [1.807, 2.05) is 0 Å². The molecule has 2 aromatic rings. The highest BCUT2D eigenvalue weighted by molar-refractivity contribution is 5.68. The second kappa shape index (κ2) is 5.90. The molecule has 1 amide bonds. The summed E-state index contributed by atoms with van der Waals surface area (Å²) < 4.78 is 10.3. The molecule has 0 radical (unpaired) electrons. The van der Waals surface area contributed by atoms with Gasteiger partial charge in [0, 0.05) is 18.0 Å². The van der Waals surface area contributed by atoms with Crippen molar-refractivity contribution in [1.29, 1.82) is 0 Å². The molecule has 2 rings (SSSR count). The number of hydrogen-bond donors (Lipinski definition) is 1. The van der Waals surface area contributed by atoms with Gasteiger partial charge >= 0.3 is 6.09 Å². The van der Waals surface area contributed by atoms with Crippen LogP contribution in [-0.4, -0.2) is 26.8 Å². The number of aromatic nitrogens is 3. The first-order valence-corrected chi connectivity index (χ1v) is 6.59. The summed E-state index contributed by atoms with van der Waals surface area (Å²) in [6.07, 6.45) is 2.76. The van der Waals surface area contributed by atoms with Crippen molar-refractivity contribution >= 4 is 6.09 Å². The zero-order valence-corrected chi connectivity index (χ0v) is 12.5. The molecule has 0 fully saturated rings. The third-order valence-corrected chi connectivity index (χ3v) is 2.48. The Morgan fingerprint density at radius 3 is 2.62 bits per heavy atom. The molecule has 0 aliphatic rings. The van der Waals surface area contributed by atoms with Crippen LogP contribution in [0.4, 0.5) is 4.79 Å². The number of pyridine rings is 1. The van der Waals surface area contributed by atoms with Crippen LogP contribution in [0, 0.1) is 0 Å². The van der Waals surface area contributed by atoms with E-state index in [1.165, 1.54) is 0 Å². The van der Waals surface area contributed by atoms with Gasteiger partial charge in [0.05, 0.1) is 0 Å². The number of alkyl carbamates (subject to hydrolysis) is 1. The third-order valence-electron chi connectivity index (χ3n) is 2.48. The van der Waals surface area contributed by atoms with Crippen LogP contribution in [0.1, 0.15) is 39.6 Å². The Kier molecular flexibility index (Phi) is 4.21. The molecule has 7 nitrogen and oxygen atoms in total. The minimum absolute atomic E-state index is 0.313. The van der Waals surface area contributed by atoms with E-state index in [1.54, 1.807) is 52.2 Å². The number of nitrogens with zero attached hydrogens (tertiary/aromatic N) is 3. The number of carbonyl (C=O) groups excluding carboxylic acids is 1. The molecular weight excluding hydrogens is 272 g/mol. The molecule has 1 N–H and O–H groups in total. The zero-order chi connectivity index (χ0) is 15.5. The van der Waals surface area contributed by atoms with E-state index < -0.39 is 17.7 Å². The Hall–Kier alpha value is -2.44. The Morgan fingerprint density at radius 1 is 1.33 bits per heavy atom. The van der Waals surface area contributed by atoms with Gasteiger partial charge in [-0.2, -0.15) is 4.98 Å². The fourth-order valence-corrected chi connectivity index (χ4v) is 1.58. The molecule has 0 spiro atoms. The molecule has 0 saturated heterocycles. The van der Waals surface area contributed by atoms with E-state index in [0.29, 0.717) is 11.7 Å². The highest BCUT2D eigenvalue weighted by Crippen LogP contribution is 2.18. The number of hydrogen-bond acceptors (Lipinski definition) is 6. The van der Waals surface area contributed by atoms with Crippen LogP contribution in [0.5, 0.6) is 0 Å². The van der Waals surface area contributed by atoms with Crippen LogP contribution in [0.2, 0.25) is 0 Å². The number of amides is 1. The molecule has 0 aliphatic heterocycles. The number of nitrogens with one attached hydrogen (secondary N) is 1. The molecule has 112 valence electrons. The topological polar surface area (TPSA) is 90.1 Å². The van der Waals surface area contributed by atoms with E-state index >= 15 is 0 Å². The van der Waals surface area contributed by atoms with Crippen molar-refractivity contribution in [3.63, 3.8) is 0 Å². The molecule has 21 heavy (non-hydrogen) atoms. The summed E-state index contributed by atoms with van der Waals surface area (Å²) in [5, 5.41) is 6.53. The molecule has 0 unspecified atom stereocenters. The van der Waals surface area contributed by atoms with E-state index in [2.05, 4.69) is 20.4 Å². The van der Waals surface area contributed by atoms with Crippen LogP contribution in [0.25, 0.3) is 11.4 Å². The van der Waals surface area contributed by atoms with Crippen molar-refractivity contribution in [1.82, 2.24) is 20.4 Å². The van der Waals surface area contributed by atoms with Gasteiger partial charge in [0.15, 0.2) is 0 Å². The maximum absolute atomic E-state index is 11.7. The van der Waals surface area contributed by atoms with E-state index in [0.717, 1.165) is 5.56 Å². The van der Waals surface area contributed by atoms with Crippen molar-refractivity contribution in [2.75, 3.05) is 0 Å². The normalized spacial score (nSPS) is 12.8. The first-order valence-electron chi connectivity index (χ1n) is 6.59. The number of rotatable bonds is 3. The number of carbonyl (C=O) groups is 1. The van der Waals surface area contributed by atoms with E-state index in [-0.39, 0.29) is 0 Å². The largest absolute Gasteiger partial charge is 0.444 e. The molecule has 7 heteroatoms. The summed E-state index contributed by atoms with van der Waals surface area (Å²) >= 11 is 0. The lowest BCUT2D eigenvalue weighted by Crippen LogP contribution is -2.34. The second-order valence-corrected chi connectivity index (χ2v) is 5.56. The molecular formula is C14H18N4O3. The Labute approximate surface area is 122 Å². The highest BCUT2D eigenvalue weighted by atomic mass is 16.6. The standard InChI is InChI=1S/C14H18N4O3/c1-9(16-13(19)20-14(2,3)4)12-17-11(18-21-12)10-5-7-15-8-6-10/h5-9H,1-4H3,(H,16,19)/t9-/m0/s1. The van der Waals surface area contributed by atoms with Gasteiger partial charge in [-0.1, -0.05) is 5.16 Å². The molecule has 0 aliphatic carbocycles. The fourth-order valence-electron chi connectivity index (χ4n) is 1.58. The molecule has 1 atom stereocenters. The molecule has 0 aromatic carbocycles. The average Bonchev–Trinajstić information content (AvgIpc) is 2.87. The van der Waals surface area contributed by atoms with Crippen LogP contribution >= 0.6 is 0 Å². The van der Waals surface area contributed by atoms with E-state index in [4.69, 9.17) is 9.26 Å². The zero-order valence-electron chi connectivity index (χ0n) is 12.5. The predicted octanol–water partition coefficient (Wildman–Crippen LogP) is 2.72. The lowest BCUT2D eigenvalue weighted by Gasteiger charge is -2.20. The smallest absolute Gasteiger partial charge is 0.408 e. The summed E-state index contributed by atoms with van der Waals surface area (Å²) in [5.74, 6) is 0.762. The van der Waals surface area contributed by atoms with Gasteiger partial charge < -0.3 is 14.6 Å². The lowest BCUT2D eigenvalue weighted by molar-refractivity contribution is 0.0499. The SMILES string of the molecule is C[C@H](NC(=O)OC(C)(C)C)c1nc(-c2ccncc2)no1. The minimum atomic E-state index is -0.555. The Morgan fingerprint density at radius 2 is 2.00 bits per heavy atom. The Bertz CT molecular complexity index is 604. The predicted molar refractivity (Wildman–Crippen MR) is 75.3 cm³/mol. The van der Waals surface area contributed by atoms with Crippen LogP contribution < -0.4 is 5.32 Å². The summed E-state index contributed by atoms with van der Waals surface area (Å²) in [4.78, 5) is 19.9. The van der Waals surface area contributed by atoms with Gasteiger partial charge in [-0.15, -0.1) is 0 Å². The minimum Gasteiger partial charge on any atom is -0.444 e. The lowest BCUT2D eigenvalue weighted by atomic mass is 10.2. The van der Waals surface area contributed by atoms with Gasteiger partial charge in [-0.25, -0.2) is 4.79 Å². The van der Waals surface area contributed by atoms with Gasteiger partial charge in [-0.3, -0.25) is 4.98 Å². The van der Waals surface area contributed by atoms with Crippen molar-refractivity contribution in [3.05, 3.63) is 30.4 Å². The van der Waals surface area contributed by atoms with Gasteiger partial charge in [0.25, 0.3) is 0 Å². The van der Waals surface area contributed by atoms with Crippen molar-refractivity contribution < 1.29 is 14.1 Å². The maximum Gasteiger partial charge on any atom is 0.408 e. The Balaban J connectivity index is 2.03. The monoisotopic (exact) mass is 290 g/mol. The summed E-state index contributed by atoms with van der Waals surface area (Å²) in [7, 11) is 0. The molecule has 0 saturated carbocycles. The van der Waals surface area contributed by atoms with Crippen molar-refractivity contribution in [2.24, 2.45) is 0 Å². The van der Waals surface area contributed by atoms with Gasteiger partial charge in [0.2, 0.25) is 11.7 Å². The van der Waals surface area contributed by atoms with Crippen LogP contribution in [0.3, 0.4) is 0 Å². The van der Waals surface area contributed by atoms with Crippen molar-refractivity contribution in [3.8, 4) is 11.4 Å². The maximum atomic E-state index is 11.7. The second-order valence-electron chi connectivity index (χ2n) is 5.56. The molecule has 0 bridgehead atoms. The van der Waals surface area contributed by atoms with Crippen LogP contribution in [0.15, 0.2) is 29.0 Å². The summed E-state index contributed by atoms with van der Waals surface area (Å²) in [5.41, 5.74) is 0.241. The first kappa shape index (κ1) is 15.0. The highest BCUT2D eigenvalue weighted by Gasteiger charge is 2.21. The summed E-state index contributed by atoms with van der Waals surface area (Å²) in [6, 6.07) is 3.12. The fraction of sp³-hybridized carbons (Fsp3) is 0.429. The summed E-state index contributed by atoms with van der Waals surface area (Å²) in [6.45, 7) is 7.14. The quantitative estimate of drug-likeness (QED) is 0.934. The molecule has 2 heterocycles. The number of ether oxygens (including phenoxy) is 1. The van der Waals surface area contributed by atoms with E-state index in [9.17, 15) is 4.79 Å². The average molecular weight is 290 g/mol. The first-order chi connectivity index (χ1) is 9.85.